The normalized spacial score (nSPS) is 15.0. The second-order valence-corrected chi connectivity index (χ2v) is 6.27. The van der Waals surface area contributed by atoms with Crippen molar-refractivity contribution in [1.29, 1.82) is 0 Å². The molecule has 2 aromatic carbocycles. The third-order valence-corrected chi connectivity index (χ3v) is 4.71. The highest BCUT2D eigenvalue weighted by atomic mass is 35.5. The van der Waals surface area contributed by atoms with Crippen LogP contribution in [0.5, 0.6) is 0 Å². The van der Waals surface area contributed by atoms with Crippen LogP contribution in [0, 0.1) is 0 Å². The van der Waals surface area contributed by atoms with Crippen LogP contribution < -0.4 is 0 Å². The summed E-state index contributed by atoms with van der Waals surface area (Å²) in [5.41, 5.74) is 7.99. The van der Waals surface area contributed by atoms with Gasteiger partial charge < -0.3 is 0 Å². The van der Waals surface area contributed by atoms with Crippen molar-refractivity contribution in [3.8, 4) is 0 Å². The van der Waals surface area contributed by atoms with E-state index in [2.05, 4.69) is 38.1 Å². The van der Waals surface area contributed by atoms with E-state index >= 15 is 0 Å². The molecule has 1 aliphatic rings. The largest absolute Gasteiger partial charge is 0.0843 e. The minimum atomic E-state index is 0.776. The summed E-state index contributed by atoms with van der Waals surface area (Å²) in [6.45, 7) is 4.39. The average molecular weight is 315 g/mol. The van der Waals surface area contributed by atoms with Gasteiger partial charge in [0.2, 0.25) is 0 Å². The zero-order valence-corrected chi connectivity index (χ0v) is 13.6. The van der Waals surface area contributed by atoms with Crippen LogP contribution in [-0.4, -0.2) is 0 Å². The van der Waals surface area contributed by atoms with Gasteiger partial charge in [-0.15, -0.1) is 0 Å². The average Bonchev–Trinajstić information content (AvgIpc) is 2.78. The predicted octanol–water partition coefficient (Wildman–Crippen LogP) is 6.64. The Balaban J connectivity index is 1.96. The standard InChI is InChI=1S/C19H16Cl2/c1-12-13(2)19(15-5-9-17(21)10-6-15)11-18(12)14-3-7-16(20)8-4-14/h3-10H,11H2,1-2H3. The fourth-order valence-corrected chi connectivity index (χ4v) is 3.09. The summed E-state index contributed by atoms with van der Waals surface area (Å²) in [6, 6.07) is 16.2. The van der Waals surface area contributed by atoms with Crippen LogP contribution in [0.3, 0.4) is 0 Å². The Morgan fingerprint density at radius 3 is 1.29 bits per heavy atom. The van der Waals surface area contributed by atoms with E-state index in [0.717, 1.165) is 16.5 Å². The molecular formula is C19H16Cl2. The molecule has 2 aromatic rings. The zero-order valence-electron chi connectivity index (χ0n) is 12.1. The topological polar surface area (TPSA) is 0 Å². The van der Waals surface area contributed by atoms with E-state index < -0.39 is 0 Å². The molecule has 0 saturated heterocycles. The van der Waals surface area contributed by atoms with Gasteiger partial charge >= 0.3 is 0 Å². The lowest BCUT2D eigenvalue weighted by atomic mass is 9.98. The van der Waals surface area contributed by atoms with Crippen LogP contribution in [-0.2, 0) is 0 Å². The molecule has 3 rings (SSSR count). The smallest absolute Gasteiger partial charge is 0.0406 e. The molecule has 0 fully saturated rings. The summed E-state index contributed by atoms with van der Waals surface area (Å²) in [5, 5.41) is 1.55. The highest BCUT2D eigenvalue weighted by Crippen LogP contribution is 2.42. The third kappa shape index (κ3) is 2.79. The number of hydrogen-bond donors (Lipinski definition) is 0. The molecule has 106 valence electrons. The van der Waals surface area contributed by atoms with Crippen molar-refractivity contribution in [2.75, 3.05) is 0 Å². The fraction of sp³-hybridized carbons (Fsp3) is 0.158. The molecule has 0 heterocycles. The van der Waals surface area contributed by atoms with Crippen LogP contribution in [0.25, 0.3) is 11.1 Å². The van der Waals surface area contributed by atoms with E-state index in [1.165, 1.54) is 33.4 Å². The molecule has 21 heavy (non-hydrogen) atoms. The molecule has 0 spiro atoms. The fourth-order valence-electron chi connectivity index (χ4n) is 2.83. The van der Waals surface area contributed by atoms with E-state index in [0.29, 0.717) is 0 Å². The summed E-state index contributed by atoms with van der Waals surface area (Å²) >= 11 is 12.0. The second-order valence-electron chi connectivity index (χ2n) is 5.40. The number of halogens is 2. The lowest BCUT2D eigenvalue weighted by Gasteiger charge is -2.07. The molecule has 1 aliphatic carbocycles. The maximum atomic E-state index is 5.98. The Kier molecular flexibility index (Phi) is 3.93. The Morgan fingerprint density at radius 2 is 0.952 bits per heavy atom. The Hall–Kier alpha value is -1.50. The monoisotopic (exact) mass is 314 g/mol. The van der Waals surface area contributed by atoms with Crippen molar-refractivity contribution in [3.63, 3.8) is 0 Å². The highest BCUT2D eigenvalue weighted by molar-refractivity contribution is 6.30. The molecule has 0 atom stereocenters. The quantitative estimate of drug-likeness (QED) is 0.582. The van der Waals surface area contributed by atoms with Crippen molar-refractivity contribution in [2.45, 2.75) is 20.3 Å². The van der Waals surface area contributed by atoms with Gasteiger partial charge in [-0.3, -0.25) is 0 Å². The van der Waals surface area contributed by atoms with E-state index in [4.69, 9.17) is 23.2 Å². The van der Waals surface area contributed by atoms with Gasteiger partial charge in [-0.25, -0.2) is 0 Å². The third-order valence-electron chi connectivity index (χ3n) is 4.21. The second kappa shape index (κ2) is 5.71. The van der Waals surface area contributed by atoms with Gasteiger partial charge in [-0.1, -0.05) is 47.5 Å². The number of allylic oxidation sites excluding steroid dienone is 4. The van der Waals surface area contributed by atoms with Crippen LogP contribution in [0.4, 0.5) is 0 Å². The van der Waals surface area contributed by atoms with E-state index in [-0.39, 0.29) is 0 Å². The summed E-state index contributed by atoms with van der Waals surface area (Å²) in [6.07, 6.45) is 0.959. The summed E-state index contributed by atoms with van der Waals surface area (Å²) in [4.78, 5) is 0. The van der Waals surface area contributed by atoms with Crippen LogP contribution in [0.15, 0.2) is 59.7 Å². The van der Waals surface area contributed by atoms with Crippen LogP contribution in [0.2, 0.25) is 10.0 Å². The van der Waals surface area contributed by atoms with Crippen molar-refractivity contribution in [1.82, 2.24) is 0 Å². The van der Waals surface area contributed by atoms with Gasteiger partial charge in [0.25, 0.3) is 0 Å². The van der Waals surface area contributed by atoms with Crippen LogP contribution >= 0.6 is 23.2 Å². The van der Waals surface area contributed by atoms with E-state index in [9.17, 15) is 0 Å². The molecule has 0 nitrogen and oxygen atoms in total. The van der Waals surface area contributed by atoms with Crippen LogP contribution in [0.1, 0.15) is 31.4 Å². The maximum absolute atomic E-state index is 5.98. The maximum Gasteiger partial charge on any atom is 0.0406 e. The molecular weight excluding hydrogens is 299 g/mol. The number of benzene rings is 2. The lowest BCUT2D eigenvalue weighted by molar-refractivity contribution is 1.38. The van der Waals surface area contributed by atoms with Crippen molar-refractivity contribution in [2.24, 2.45) is 0 Å². The number of rotatable bonds is 2. The first-order valence-electron chi connectivity index (χ1n) is 6.98. The first-order valence-corrected chi connectivity index (χ1v) is 7.73. The Morgan fingerprint density at radius 1 is 0.619 bits per heavy atom. The minimum Gasteiger partial charge on any atom is -0.0843 e. The number of hydrogen-bond acceptors (Lipinski definition) is 0. The molecule has 0 unspecified atom stereocenters. The van der Waals surface area contributed by atoms with Gasteiger partial charge in [0.15, 0.2) is 0 Å². The minimum absolute atomic E-state index is 0.776. The van der Waals surface area contributed by atoms with Crippen molar-refractivity contribution < 1.29 is 0 Å². The summed E-state index contributed by atoms with van der Waals surface area (Å²) in [5.74, 6) is 0. The molecule has 0 amide bonds. The predicted molar refractivity (Wildman–Crippen MR) is 92.7 cm³/mol. The van der Waals surface area contributed by atoms with E-state index in [1.807, 2.05) is 24.3 Å². The first kappa shape index (κ1) is 14.4. The molecule has 2 heteroatoms. The highest BCUT2D eigenvalue weighted by Gasteiger charge is 2.20. The zero-order chi connectivity index (χ0) is 15.0. The molecule has 0 saturated carbocycles. The Labute approximate surface area is 135 Å². The molecule has 0 aliphatic heterocycles. The molecule has 0 radical (unpaired) electrons. The van der Waals surface area contributed by atoms with Gasteiger partial charge in [0.1, 0.15) is 0 Å². The Bertz CT molecular complexity index is 667. The first-order chi connectivity index (χ1) is 10.1. The van der Waals surface area contributed by atoms with Gasteiger partial charge in [0, 0.05) is 10.0 Å². The molecule has 0 bridgehead atoms. The van der Waals surface area contributed by atoms with Gasteiger partial charge in [-0.05, 0) is 78.0 Å². The van der Waals surface area contributed by atoms with Gasteiger partial charge in [0.05, 0.1) is 0 Å². The summed E-state index contributed by atoms with van der Waals surface area (Å²) in [7, 11) is 0. The molecule has 0 N–H and O–H groups in total. The van der Waals surface area contributed by atoms with Gasteiger partial charge in [-0.2, -0.15) is 0 Å². The van der Waals surface area contributed by atoms with Crippen molar-refractivity contribution >= 4 is 34.3 Å². The van der Waals surface area contributed by atoms with E-state index in [1.54, 1.807) is 0 Å². The lowest BCUT2D eigenvalue weighted by Crippen LogP contribution is -1.85. The SMILES string of the molecule is CC1=C(c2ccc(Cl)cc2)CC(c2ccc(Cl)cc2)=C1C. The molecule has 0 aromatic heterocycles. The summed E-state index contributed by atoms with van der Waals surface area (Å²) < 4.78 is 0. The van der Waals surface area contributed by atoms with Crippen molar-refractivity contribution in [3.05, 3.63) is 80.8 Å².